The van der Waals surface area contributed by atoms with E-state index in [1.54, 1.807) is 0 Å². The second kappa shape index (κ2) is 5.72. The van der Waals surface area contributed by atoms with E-state index < -0.39 is 23.1 Å². The van der Waals surface area contributed by atoms with Crippen LogP contribution in [0.2, 0.25) is 0 Å². The number of rotatable bonds is 3. The largest absolute Gasteiger partial charge is 0.481 e. The summed E-state index contributed by atoms with van der Waals surface area (Å²) in [5, 5.41) is 8.78. The Bertz CT molecular complexity index is 604. The van der Waals surface area contributed by atoms with Crippen LogP contribution in [0.4, 0.5) is 0 Å². The molecule has 108 valence electrons. The number of amides is 1. The van der Waals surface area contributed by atoms with E-state index in [1.165, 1.54) is 4.90 Å². The zero-order valence-corrected chi connectivity index (χ0v) is 10.7. The maximum Gasteiger partial charge on any atom is 0.326 e. The van der Waals surface area contributed by atoms with Crippen LogP contribution in [-0.4, -0.2) is 44.9 Å². The van der Waals surface area contributed by atoms with Gasteiger partial charge in [0.2, 0.25) is 0 Å². The first-order valence-corrected chi connectivity index (χ1v) is 6.30. The molecule has 1 atom stereocenters. The Kier molecular flexibility index (Phi) is 4.02. The summed E-state index contributed by atoms with van der Waals surface area (Å²) in [6.45, 7) is 0.809. The van der Waals surface area contributed by atoms with E-state index in [9.17, 15) is 19.2 Å². The third-order valence-corrected chi connectivity index (χ3v) is 3.26. The summed E-state index contributed by atoms with van der Waals surface area (Å²) in [5.41, 5.74) is -1.45. The van der Waals surface area contributed by atoms with Gasteiger partial charge in [0, 0.05) is 25.6 Å². The Morgan fingerprint density at radius 1 is 1.35 bits per heavy atom. The summed E-state index contributed by atoms with van der Waals surface area (Å²) in [6, 6.07) is 1.03. The van der Waals surface area contributed by atoms with Crippen LogP contribution >= 0.6 is 0 Å². The van der Waals surface area contributed by atoms with Crippen molar-refractivity contribution in [3.8, 4) is 0 Å². The van der Waals surface area contributed by atoms with Gasteiger partial charge in [0.25, 0.3) is 11.5 Å². The van der Waals surface area contributed by atoms with Gasteiger partial charge in [-0.2, -0.15) is 0 Å². The number of aliphatic carboxylic acids is 1. The predicted octanol–water partition coefficient (Wildman–Crippen LogP) is -0.610. The van der Waals surface area contributed by atoms with E-state index in [4.69, 9.17) is 5.11 Å². The number of likely N-dealkylation sites (tertiary alicyclic amines) is 1. The van der Waals surface area contributed by atoms with Crippen LogP contribution < -0.4 is 11.2 Å². The molecule has 1 unspecified atom stereocenters. The first-order valence-electron chi connectivity index (χ1n) is 6.30. The molecular weight excluding hydrogens is 266 g/mol. The van der Waals surface area contributed by atoms with E-state index in [1.807, 2.05) is 4.98 Å². The van der Waals surface area contributed by atoms with Crippen LogP contribution in [0.15, 0.2) is 15.7 Å². The molecule has 0 radical (unpaired) electrons. The molecule has 8 nitrogen and oxygen atoms in total. The third-order valence-electron chi connectivity index (χ3n) is 3.26. The highest BCUT2D eigenvalue weighted by Gasteiger charge is 2.26. The van der Waals surface area contributed by atoms with Gasteiger partial charge in [-0.3, -0.25) is 19.4 Å². The minimum absolute atomic E-state index is 0.00960. The number of H-pyrrole nitrogens is 2. The molecule has 1 fully saturated rings. The third kappa shape index (κ3) is 3.34. The van der Waals surface area contributed by atoms with E-state index in [0.717, 1.165) is 12.5 Å². The van der Waals surface area contributed by atoms with Gasteiger partial charge < -0.3 is 15.0 Å². The summed E-state index contributed by atoms with van der Waals surface area (Å²) in [4.78, 5) is 51.0. The maximum atomic E-state index is 12.2. The summed E-state index contributed by atoms with van der Waals surface area (Å²) in [5.74, 6) is -1.45. The predicted molar refractivity (Wildman–Crippen MR) is 68.6 cm³/mol. The number of nitrogens with zero attached hydrogens (tertiary/aromatic N) is 1. The van der Waals surface area contributed by atoms with Crippen molar-refractivity contribution in [2.24, 2.45) is 5.92 Å². The minimum atomic E-state index is -0.895. The molecule has 8 heteroatoms. The average molecular weight is 281 g/mol. The fourth-order valence-electron chi connectivity index (χ4n) is 2.42. The van der Waals surface area contributed by atoms with Crippen LogP contribution in [0.1, 0.15) is 29.8 Å². The Morgan fingerprint density at radius 2 is 2.10 bits per heavy atom. The van der Waals surface area contributed by atoms with E-state index in [-0.39, 0.29) is 18.0 Å². The molecular formula is C12H15N3O5. The molecule has 0 bridgehead atoms. The molecule has 1 saturated heterocycles. The molecule has 2 heterocycles. The molecule has 1 amide bonds. The quantitative estimate of drug-likeness (QED) is 0.682. The van der Waals surface area contributed by atoms with Gasteiger partial charge in [-0.05, 0) is 18.8 Å². The lowest BCUT2D eigenvalue weighted by Gasteiger charge is -2.31. The van der Waals surface area contributed by atoms with Crippen molar-refractivity contribution in [2.75, 3.05) is 13.1 Å². The molecule has 0 spiro atoms. The fourth-order valence-corrected chi connectivity index (χ4v) is 2.42. The zero-order valence-electron chi connectivity index (χ0n) is 10.7. The molecule has 0 saturated carbocycles. The number of carboxylic acids is 1. The Labute approximate surface area is 113 Å². The maximum absolute atomic E-state index is 12.2. The highest BCUT2D eigenvalue weighted by Crippen LogP contribution is 2.20. The first-order chi connectivity index (χ1) is 9.45. The van der Waals surface area contributed by atoms with Gasteiger partial charge in [0.15, 0.2) is 0 Å². The van der Waals surface area contributed by atoms with Crippen LogP contribution in [0.25, 0.3) is 0 Å². The van der Waals surface area contributed by atoms with E-state index in [0.29, 0.717) is 19.5 Å². The van der Waals surface area contributed by atoms with Crippen molar-refractivity contribution in [2.45, 2.75) is 19.3 Å². The van der Waals surface area contributed by atoms with Gasteiger partial charge in [-0.25, -0.2) is 4.79 Å². The number of piperidine rings is 1. The monoisotopic (exact) mass is 281 g/mol. The summed E-state index contributed by atoms with van der Waals surface area (Å²) in [6.07, 6.45) is 1.47. The summed E-state index contributed by atoms with van der Waals surface area (Å²) in [7, 11) is 0. The fraction of sp³-hybridized carbons (Fsp3) is 0.500. The number of carboxylic acid groups (broad SMARTS) is 1. The average Bonchev–Trinajstić information content (AvgIpc) is 2.36. The number of carbonyl (C=O) groups is 2. The minimum Gasteiger partial charge on any atom is -0.481 e. The van der Waals surface area contributed by atoms with Gasteiger partial charge in [-0.15, -0.1) is 0 Å². The smallest absolute Gasteiger partial charge is 0.326 e. The zero-order chi connectivity index (χ0) is 14.7. The lowest BCUT2D eigenvalue weighted by atomic mass is 9.94. The van der Waals surface area contributed by atoms with E-state index >= 15 is 0 Å². The molecule has 2 rings (SSSR count). The molecule has 1 aliphatic rings. The highest BCUT2D eigenvalue weighted by atomic mass is 16.4. The number of nitrogens with one attached hydrogen (secondary N) is 2. The molecule has 20 heavy (non-hydrogen) atoms. The SMILES string of the molecule is O=C(O)CC1CCCN(C(=O)c2cc(=O)[nH]c(=O)[nH]2)C1. The van der Waals surface area contributed by atoms with Crippen molar-refractivity contribution in [1.29, 1.82) is 0 Å². The number of aromatic nitrogens is 2. The number of hydrogen-bond acceptors (Lipinski definition) is 4. The normalized spacial score (nSPS) is 18.8. The van der Waals surface area contributed by atoms with Crippen molar-refractivity contribution >= 4 is 11.9 Å². The van der Waals surface area contributed by atoms with Crippen LogP contribution in [0, 0.1) is 5.92 Å². The standard InChI is InChI=1S/C12H15N3O5/c16-9-5-8(13-12(20)14-9)11(19)15-3-1-2-7(6-15)4-10(17)18/h5,7H,1-4,6H2,(H,17,18)(H2,13,14,16,20). The van der Waals surface area contributed by atoms with Crippen LogP contribution in [0.5, 0.6) is 0 Å². The van der Waals surface area contributed by atoms with E-state index in [2.05, 4.69) is 4.98 Å². The Morgan fingerprint density at radius 3 is 2.75 bits per heavy atom. The van der Waals surface area contributed by atoms with Gasteiger partial charge in [0.1, 0.15) is 5.69 Å². The Hall–Kier alpha value is -2.38. The first kappa shape index (κ1) is 14.0. The topological polar surface area (TPSA) is 123 Å². The van der Waals surface area contributed by atoms with Crippen molar-refractivity contribution in [3.63, 3.8) is 0 Å². The summed E-state index contributed by atoms with van der Waals surface area (Å²) < 4.78 is 0. The second-order valence-electron chi connectivity index (χ2n) is 4.86. The second-order valence-corrected chi connectivity index (χ2v) is 4.86. The van der Waals surface area contributed by atoms with Crippen LogP contribution in [-0.2, 0) is 4.79 Å². The van der Waals surface area contributed by atoms with Crippen molar-refractivity contribution < 1.29 is 14.7 Å². The molecule has 0 aliphatic carbocycles. The lowest BCUT2D eigenvalue weighted by molar-refractivity contribution is -0.138. The van der Waals surface area contributed by atoms with Crippen molar-refractivity contribution in [3.05, 3.63) is 32.6 Å². The number of carbonyl (C=O) groups excluding carboxylic acids is 1. The lowest BCUT2D eigenvalue weighted by Crippen LogP contribution is -2.42. The van der Waals surface area contributed by atoms with Gasteiger partial charge >= 0.3 is 11.7 Å². The van der Waals surface area contributed by atoms with Gasteiger partial charge in [-0.1, -0.05) is 0 Å². The molecule has 3 N–H and O–H groups in total. The molecule has 1 aromatic heterocycles. The highest BCUT2D eigenvalue weighted by molar-refractivity contribution is 5.92. The molecule has 1 aromatic rings. The number of hydrogen-bond donors (Lipinski definition) is 3. The van der Waals surface area contributed by atoms with Crippen molar-refractivity contribution in [1.82, 2.24) is 14.9 Å². The summed E-state index contributed by atoms with van der Waals surface area (Å²) >= 11 is 0. The molecule has 0 aromatic carbocycles. The number of aromatic amines is 2. The molecule has 1 aliphatic heterocycles. The van der Waals surface area contributed by atoms with Gasteiger partial charge in [0.05, 0.1) is 0 Å². The van der Waals surface area contributed by atoms with Crippen LogP contribution in [0.3, 0.4) is 0 Å². The Balaban J connectivity index is 2.14.